The molecule has 178 valence electrons. The van der Waals surface area contributed by atoms with Crippen LogP contribution in [-0.2, 0) is 19.2 Å². The SMILES string of the molecule is O=C[C@H](C[C@@H]1CCNC1=O)NC(=O)C1[C@H]2CCC[C@H]2CN1C(=O)COc1ccc(Cl)cc1Cl. The third-order valence-electron chi connectivity index (χ3n) is 6.92. The maximum atomic E-state index is 13.3. The van der Waals surface area contributed by atoms with Crippen LogP contribution in [0.15, 0.2) is 18.2 Å². The number of hydrogen-bond donors (Lipinski definition) is 2. The number of hydrogen-bond acceptors (Lipinski definition) is 5. The van der Waals surface area contributed by atoms with E-state index in [1.165, 1.54) is 6.07 Å². The Balaban J connectivity index is 1.42. The molecule has 3 fully saturated rings. The van der Waals surface area contributed by atoms with E-state index >= 15 is 0 Å². The first-order valence-corrected chi connectivity index (χ1v) is 12.0. The molecule has 8 nitrogen and oxygen atoms in total. The third kappa shape index (κ3) is 5.27. The predicted molar refractivity (Wildman–Crippen MR) is 122 cm³/mol. The summed E-state index contributed by atoms with van der Waals surface area (Å²) >= 11 is 12.0. The largest absolute Gasteiger partial charge is 0.482 e. The van der Waals surface area contributed by atoms with Gasteiger partial charge in [0.05, 0.1) is 11.1 Å². The highest BCUT2D eigenvalue weighted by Crippen LogP contribution is 2.42. The molecule has 5 atom stereocenters. The molecule has 1 aliphatic carbocycles. The maximum Gasteiger partial charge on any atom is 0.261 e. The molecule has 2 N–H and O–H groups in total. The Hall–Kier alpha value is -2.32. The van der Waals surface area contributed by atoms with Crippen LogP contribution in [0.25, 0.3) is 0 Å². The van der Waals surface area contributed by atoms with Crippen molar-refractivity contribution in [3.8, 4) is 5.75 Å². The minimum Gasteiger partial charge on any atom is -0.482 e. The number of benzene rings is 1. The fourth-order valence-corrected chi connectivity index (χ4v) is 5.77. The van der Waals surface area contributed by atoms with Gasteiger partial charge in [0.2, 0.25) is 11.8 Å². The fraction of sp³-hybridized carbons (Fsp3) is 0.565. The Morgan fingerprint density at radius 2 is 2.09 bits per heavy atom. The van der Waals surface area contributed by atoms with Crippen molar-refractivity contribution in [1.29, 1.82) is 0 Å². The average Bonchev–Trinajstić information content (AvgIpc) is 3.48. The molecular weight excluding hydrogens is 469 g/mol. The molecule has 3 aliphatic rings. The number of halogens is 2. The highest BCUT2D eigenvalue weighted by atomic mass is 35.5. The minimum atomic E-state index is -0.770. The molecule has 0 spiro atoms. The zero-order valence-corrected chi connectivity index (χ0v) is 19.6. The Morgan fingerprint density at radius 1 is 1.27 bits per heavy atom. The van der Waals surface area contributed by atoms with E-state index in [1.807, 2.05) is 0 Å². The fourth-order valence-electron chi connectivity index (χ4n) is 5.31. The summed E-state index contributed by atoms with van der Waals surface area (Å²) in [5, 5.41) is 6.29. The second-order valence-corrected chi connectivity index (χ2v) is 9.82. The first-order chi connectivity index (χ1) is 15.9. The Labute approximate surface area is 202 Å². The van der Waals surface area contributed by atoms with Gasteiger partial charge in [-0.2, -0.15) is 0 Å². The summed E-state index contributed by atoms with van der Waals surface area (Å²) in [6.45, 7) is 0.801. The molecule has 2 saturated heterocycles. The van der Waals surface area contributed by atoms with Crippen LogP contribution in [0.1, 0.15) is 32.1 Å². The van der Waals surface area contributed by atoms with Crippen LogP contribution < -0.4 is 15.4 Å². The number of nitrogens with zero attached hydrogens (tertiary/aromatic N) is 1. The van der Waals surface area contributed by atoms with E-state index in [9.17, 15) is 19.2 Å². The second kappa shape index (κ2) is 10.3. The lowest BCUT2D eigenvalue weighted by Gasteiger charge is -2.28. The Bertz CT molecular complexity index is 943. The summed E-state index contributed by atoms with van der Waals surface area (Å²) in [6, 6.07) is 3.31. The van der Waals surface area contributed by atoms with E-state index in [-0.39, 0.29) is 48.5 Å². The van der Waals surface area contributed by atoms with Crippen LogP contribution in [0, 0.1) is 17.8 Å². The van der Waals surface area contributed by atoms with Crippen LogP contribution in [0.2, 0.25) is 10.0 Å². The maximum absolute atomic E-state index is 13.3. The summed E-state index contributed by atoms with van der Waals surface area (Å²) in [5.74, 6) is -0.410. The smallest absolute Gasteiger partial charge is 0.261 e. The summed E-state index contributed by atoms with van der Waals surface area (Å²) in [7, 11) is 0. The molecule has 1 unspecified atom stereocenters. The van der Waals surface area contributed by atoms with Gasteiger partial charge in [0.25, 0.3) is 5.91 Å². The van der Waals surface area contributed by atoms with Gasteiger partial charge in [-0.05, 0) is 55.7 Å². The van der Waals surface area contributed by atoms with Gasteiger partial charge in [0.1, 0.15) is 18.1 Å². The van der Waals surface area contributed by atoms with Crippen molar-refractivity contribution in [1.82, 2.24) is 15.5 Å². The minimum absolute atomic E-state index is 0.0511. The van der Waals surface area contributed by atoms with E-state index in [1.54, 1.807) is 17.0 Å². The van der Waals surface area contributed by atoms with Crippen LogP contribution in [-0.4, -0.2) is 60.7 Å². The van der Waals surface area contributed by atoms with Crippen molar-refractivity contribution in [2.24, 2.45) is 17.8 Å². The van der Waals surface area contributed by atoms with E-state index in [2.05, 4.69) is 10.6 Å². The van der Waals surface area contributed by atoms with Crippen molar-refractivity contribution in [3.05, 3.63) is 28.2 Å². The molecule has 10 heteroatoms. The van der Waals surface area contributed by atoms with Gasteiger partial charge in [-0.3, -0.25) is 14.4 Å². The number of carbonyl (C=O) groups is 4. The van der Waals surface area contributed by atoms with Gasteiger partial charge in [0, 0.05) is 24.0 Å². The molecule has 3 amide bonds. The standard InChI is InChI=1S/C23H27Cl2N3O5/c24-15-4-5-19(18(25)9-15)33-12-20(30)28-10-14-2-1-3-17(14)21(28)23(32)27-16(11-29)8-13-6-7-26-22(13)31/h4-5,9,11,13-14,16-17,21H,1-3,6-8,10,12H2,(H,26,31)(H,27,32)/t13-,14-,16-,17-,21?/m0/s1. The van der Waals surface area contributed by atoms with Gasteiger partial charge in [-0.1, -0.05) is 29.6 Å². The Kier molecular flexibility index (Phi) is 7.44. The first-order valence-electron chi connectivity index (χ1n) is 11.3. The molecule has 0 bridgehead atoms. The molecule has 1 aromatic carbocycles. The Morgan fingerprint density at radius 3 is 2.79 bits per heavy atom. The highest BCUT2D eigenvalue weighted by molar-refractivity contribution is 6.35. The number of likely N-dealkylation sites (tertiary alicyclic amines) is 1. The van der Waals surface area contributed by atoms with E-state index in [0.717, 1.165) is 19.3 Å². The van der Waals surface area contributed by atoms with Crippen molar-refractivity contribution in [2.75, 3.05) is 19.7 Å². The van der Waals surface area contributed by atoms with E-state index in [0.29, 0.717) is 41.6 Å². The molecule has 33 heavy (non-hydrogen) atoms. The van der Waals surface area contributed by atoms with Crippen molar-refractivity contribution in [3.63, 3.8) is 0 Å². The normalized spacial score (nSPS) is 27.1. The van der Waals surface area contributed by atoms with Gasteiger partial charge >= 0.3 is 0 Å². The lowest BCUT2D eigenvalue weighted by molar-refractivity contribution is -0.141. The van der Waals surface area contributed by atoms with Crippen LogP contribution in [0.3, 0.4) is 0 Å². The number of ether oxygens (including phenoxy) is 1. The molecule has 4 rings (SSSR count). The molecular formula is C23H27Cl2N3O5. The van der Waals surface area contributed by atoms with E-state index in [4.69, 9.17) is 27.9 Å². The van der Waals surface area contributed by atoms with Crippen LogP contribution >= 0.6 is 23.2 Å². The van der Waals surface area contributed by atoms with Crippen molar-refractivity contribution < 1.29 is 23.9 Å². The van der Waals surface area contributed by atoms with Gasteiger partial charge in [0.15, 0.2) is 6.61 Å². The predicted octanol–water partition coefficient (Wildman–Crippen LogP) is 2.21. The summed E-state index contributed by atoms with van der Waals surface area (Å²) in [4.78, 5) is 51.4. The third-order valence-corrected chi connectivity index (χ3v) is 7.45. The molecule has 1 saturated carbocycles. The number of amides is 3. The number of aldehydes is 1. The lowest BCUT2D eigenvalue weighted by Crippen LogP contribution is -2.52. The highest BCUT2D eigenvalue weighted by Gasteiger charge is 2.49. The molecule has 1 aromatic rings. The quantitative estimate of drug-likeness (QED) is 0.537. The molecule has 0 radical (unpaired) electrons. The first kappa shape index (κ1) is 23.8. The zero-order valence-electron chi connectivity index (χ0n) is 18.1. The summed E-state index contributed by atoms with van der Waals surface area (Å²) in [6.07, 6.45) is 4.39. The van der Waals surface area contributed by atoms with Crippen molar-refractivity contribution >= 4 is 47.2 Å². The molecule has 2 aliphatic heterocycles. The topological polar surface area (TPSA) is 105 Å². The molecule has 0 aromatic heterocycles. The average molecular weight is 496 g/mol. The van der Waals surface area contributed by atoms with Crippen LogP contribution in [0.5, 0.6) is 5.75 Å². The van der Waals surface area contributed by atoms with Gasteiger partial charge in [-0.25, -0.2) is 0 Å². The summed E-state index contributed by atoms with van der Waals surface area (Å²) < 4.78 is 5.60. The van der Waals surface area contributed by atoms with Gasteiger partial charge in [-0.15, -0.1) is 0 Å². The number of fused-ring (bicyclic) bond motifs is 1. The van der Waals surface area contributed by atoms with Gasteiger partial charge < -0.3 is 25.1 Å². The molecule has 2 heterocycles. The van der Waals surface area contributed by atoms with Crippen molar-refractivity contribution in [2.45, 2.75) is 44.2 Å². The monoisotopic (exact) mass is 495 g/mol. The summed E-state index contributed by atoms with van der Waals surface area (Å²) in [5.41, 5.74) is 0. The zero-order chi connectivity index (χ0) is 23.5. The number of rotatable bonds is 8. The van der Waals surface area contributed by atoms with Crippen LogP contribution in [0.4, 0.5) is 0 Å². The number of carbonyl (C=O) groups excluding carboxylic acids is 4. The lowest BCUT2D eigenvalue weighted by atomic mass is 9.92. The van der Waals surface area contributed by atoms with E-state index < -0.39 is 12.1 Å². The number of nitrogens with one attached hydrogen (secondary N) is 2. The second-order valence-electron chi connectivity index (χ2n) is 8.97.